The second-order valence-electron chi connectivity index (χ2n) is 8.26. The maximum absolute atomic E-state index is 12.4. The number of carbonyl (C=O) groups excluding carboxylic acids is 1. The van der Waals surface area contributed by atoms with Crippen molar-refractivity contribution in [2.45, 2.75) is 51.5 Å². The average Bonchev–Trinajstić information content (AvgIpc) is 2.95. The molecule has 1 amide bonds. The second-order valence-corrected chi connectivity index (χ2v) is 8.26. The van der Waals surface area contributed by atoms with Crippen LogP contribution >= 0.6 is 0 Å². The highest BCUT2D eigenvalue weighted by Crippen LogP contribution is 2.17. The lowest BCUT2D eigenvalue weighted by atomic mass is 10.0. The Morgan fingerprint density at radius 1 is 1.14 bits per heavy atom. The number of nitrogens with one attached hydrogen (secondary N) is 1. The van der Waals surface area contributed by atoms with E-state index in [0.29, 0.717) is 11.6 Å². The maximum Gasteiger partial charge on any atom is 0.252 e. The smallest absolute Gasteiger partial charge is 0.252 e. The van der Waals surface area contributed by atoms with E-state index >= 15 is 0 Å². The maximum atomic E-state index is 12.4. The Morgan fingerprint density at radius 3 is 2.79 bits per heavy atom. The summed E-state index contributed by atoms with van der Waals surface area (Å²) < 4.78 is 0. The Labute approximate surface area is 170 Å². The summed E-state index contributed by atoms with van der Waals surface area (Å²) in [6.07, 6.45) is 8.97. The number of carbonyl (C=O) groups is 1. The second kappa shape index (κ2) is 10.8. The molecule has 1 aromatic rings. The van der Waals surface area contributed by atoms with Crippen molar-refractivity contribution in [1.82, 2.24) is 20.1 Å². The van der Waals surface area contributed by atoms with Gasteiger partial charge in [-0.25, -0.2) is 4.98 Å². The summed E-state index contributed by atoms with van der Waals surface area (Å²) in [6, 6.07) is 4.52. The molecule has 28 heavy (non-hydrogen) atoms. The van der Waals surface area contributed by atoms with Crippen LogP contribution in [-0.2, 0) is 0 Å². The number of aromatic nitrogens is 1. The van der Waals surface area contributed by atoms with Crippen molar-refractivity contribution in [1.29, 1.82) is 0 Å². The molecular formula is C22H37N5O. The van der Waals surface area contributed by atoms with Gasteiger partial charge in [0.15, 0.2) is 0 Å². The first-order valence-corrected chi connectivity index (χ1v) is 11.1. The molecule has 0 saturated carbocycles. The molecule has 6 nitrogen and oxygen atoms in total. The number of amides is 1. The normalized spacial score (nSPS) is 22.1. The lowest BCUT2D eigenvalue weighted by Crippen LogP contribution is -2.39. The molecule has 0 bridgehead atoms. The fourth-order valence-corrected chi connectivity index (χ4v) is 4.41. The highest BCUT2D eigenvalue weighted by atomic mass is 16.1. The fraction of sp³-hybridized carbons (Fsp3) is 0.727. The zero-order chi connectivity index (χ0) is 19.8. The number of hydrogen-bond donors (Lipinski definition) is 1. The molecule has 0 radical (unpaired) electrons. The Balaban J connectivity index is 1.46. The molecule has 3 heterocycles. The van der Waals surface area contributed by atoms with E-state index in [4.69, 9.17) is 0 Å². The summed E-state index contributed by atoms with van der Waals surface area (Å²) in [5.74, 6) is 0.973. The van der Waals surface area contributed by atoms with Gasteiger partial charge in [-0.3, -0.25) is 4.79 Å². The van der Waals surface area contributed by atoms with Crippen LogP contribution in [0.5, 0.6) is 0 Å². The van der Waals surface area contributed by atoms with Crippen molar-refractivity contribution >= 4 is 11.7 Å². The van der Waals surface area contributed by atoms with Crippen molar-refractivity contribution in [3.05, 3.63) is 23.9 Å². The molecule has 1 N–H and O–H groups in total. The number of hydrogen-bond acceptors (Lipinski definition) is 5. The molecule has 0 unspecified atom stereocenters. The minimum absolute atomic E-state index is 0.0116. The topological polar surface area (TPSA) is 51.7 Å². The van der Waals surface area contributed by atoms with Gasteiger partial charge in [-0.15, -0.1) is 0 Å². The van der Waals surface area contributed by atoms with Gasteiger partial charge in [0.1, 0.15) is 5.82 Å². The molecule has 1 aromatic heterocycles. The number of nitrogens with zero attached hydrogens (tertiary/aromatic N) is 4. The Hall–Kier alpha value is -1.66. The predicted molar refractivity (Wildman–Crippen MR) is 115 cm³/mol. The molecule has 2 saturated heterocycles. The van der Waals surface area contributed by atoms with E-state index in [1.807, 2.05) is 12.1 Å². The van der Waals surface area contributed by atoms with Gasteiger partial charge in [0, 0.05) is 38.4 Å². The van der Waals surface area contributed by atoms with E-state index in [1.54, 1.807) is 6.20 Å². The minimum atomic E-state index is -0.0116. The zero-order valence-corrected chi connectivity index (χ0v) is 17.7. The van der Waals surface area contributed by atoms with Crippen molar-refractivity contribution in [2.24, 2.45) is 0 Å². The van der Waals surface area contributed by atoms with Gasteiger partial charge in [-0.1, -0.05) is 13.3 Å². The summed E-state index contributed by atoms with van der Waals surface area (Å²) in [7, 11) is 2.19. The number of piperidine rings is 1. The van der Waals surface area contributed by atoms with Crippen LogP contribution in [-0.4, -0.2) is 79.6 Å². The van der Waals surface area contributed by atoms with Crippen LogP contribution in [0.1, 0.15) is 55.8 Å². The Morgan fingerprint density at radius 2 is 2.04 bits per heavy atom. The first kappa shape index (κ1) is 21.1. The molecular weight excluding hydrogens is 350 g/mol. The van der Waals surface area contributed by atoms with E-state index in [2.05, 4.69) is 39.0 Å². The molecule has 3 rings (SSSR count). The first-order valence-electron chi connectivity index (χ1n) is 11.1. The zero-order valence-electron chi connectivity index (χ0n) is 17.7. The van der Waals surface area contributed by atoms with E-state index in [9.17, 15) is 4.79 Å². The fourth-order valence-electron chi connectivity index (χ4n) is 4.41. The van der Waals surface area contributed by atoms with E-state index in [-0.39, 0.29) is 5.91 Å². The standard InChI is InChI=1S/C22H37N5O/c1-3-12-26-14-6-15-27(17-16-26)21-9-8-19(18-24-21)22(28)23-11-10-20-7-4-5-13-25(20)2/h8-9,18,20H,3-7,10-17H2,1-2H3,(H,23,28)/t20-/m1/s1. The van der Waals surface area contributed by atoms with Crippen LogP contribution in [0, 0.1) is 0 Å². The van der Waals surface area contributed by atoms with Gasteiger partial charge in [-0.2, -0.15) is 0 Å². The van der Waals surface area contributed by atoms with E-state index in [0.717, 1.165) is 38.4 Å². The van der Waals surface area contributed by atoms with Crippen LogP contribution in [0.4, 0.5) is 5.82 Å². The van der Waals surface area contributed by atoms with Crippen molar-refractivity contribution in [3.63, 3.8) is 0 Å². The van der Waals surface area contributed by atoms with Crippen molar-refractivity contribution in [3.8, 4) is 0 Å². The predicted octanol–water partition coefficient (Wildman–Crippen LogP) is 2.61. The van der Waals surface area contributed by atoms with Gasteiger partial charge in [0.2, 0.25) is 0 Å². The Kier molecular flexibility index (Phi) is 8.10. The van der Waals surface area contributed by atoms with Crippen molar-refractivity contribution < 1.29 is 4.79 Å². The molecule has 2 aliphatic heterocycles. The van der Waals surface area contributed by atoms with Gasteiger partial charge < -0.3 is 20.0 Å². The highest BCUT2D eigenvalue weighted by Gasteiger charge is 2.19. The summed E-state index contributed by atoms with van der Waals surface area (Å²) in [4.78, 5) is 24.3. The highest BCUT2D eigenvalue weighted by molar-refractivity contribution is 5.94. The van der Waals surface area contributed by atoms with Crippen molar-refractivity contribution in [2.75, 3.05) is 57.8 Å². The monoisotopic (exact) mass is 387 g/mol. The molecule has 0 spiro atoms. The molecule has 1 atom stereocenters. The third-order valence-electron chi connectivity index (χ3n) is 6.15. The van der Waals surface area contributed by atoms with Crippen LogP contribution in [0.25, 0.3) is 0 Å². The third kappa shape index (κ3) is 5.92. The molecule has 2 fully saturated rings. The van der Waals surface area contributed by atoms with Crippen LogP contribution in [0.2, 0.25) is 0 Å². The summed E-state index contributed by atoms with van der Waals surface area (Å²) in [5, 5.41) is 3.07. The summed E-state index contributed by atoms with van der Waals surface area (Å²) in [5.41, 5.74) is 0.656. The van der Waals surface area contributed by atoms with Gasteiger partial charge in [0.25, 0.3) is 5.91 Å². The summed E-state index contributed by atoms with van der Waals surface area (Å²) in [6.45, 7) is 9.62. The number of rotatable bonds is 7. The Bertz CT molecular complexity index is 605. The van der Waals surface area contributed by atoms with Crippen LogP contribution in [0.3, 0.4) is 0 Å². The number of likely N-dealkylation sites (tertiary alicyclic amines) is 1. The molecule has 6 heteroatoms. The summed E-state index contributed by atoms with van der Waals surface area (Å²) >= 11 is 0. The molecule has 0 aliphatic carbocycles. The first-order chi connectivity index (χ1) is 13.7. The largest absolute Gasteiger partial charge is 0.355 e. The van der Waals surface area contributed by atoms with Gasteiger partial charge >= 0.3 is 0 Å². The lowest BCUT2D eigenvalue weighted by Gasteiger charge is -2.32. The average molecular weight is 388 g/mol. The minimum Gasteiger partial charge on any atom is -0.355 e. The van der Waals surface area contributed by atoms with Crippen LogP contribution in [0.15, 0.2) is 18.3 Å². The quantitative estimate of drug-likeness (QED) is 0.779. The lowest BCUT2D eigenvalue weighted by molar-refractivity contribution is 0.0945. The SMILES string of the molecule is CCCN1CCCN(c2ccc(C(=O)NCC[C@H]3CCCCN3C)cn2)CC1. The van der Waals surface area contributed by atoms with Gasteiger partial charge in [0.05, 0.1) is 5.56 Å². The number of pyridine rings is 1. The molecule has 2 aliphatic rings. The molecule has 156 valence electrons. The van der Waals surface area contributed by atoms with Gasteiger partial charge in [-0.05, 0) is 70.9 Å². The van der Waals surface area contributed by atoms with E-state index < -0.39 is 0 Å². The number of anilines is 1. The third-order valence-corrected chi connectivity index (χ3v) is 6.15. The van der Waals surface area contributed by atoms with E-state index in [1.165, 1.54) is 51.7 Å². The molecule has 0 aromatic carbocycles. The van der Waals surface area contributed by atoms with Crippen LogP contribution < -0.4 is 10.2 Å².